The molecule has 1 N–H and O–H groups in total. The van der Waals surface area contributed by atoms with Gasteiger partial charge in [-0.2, -0.15) is 4.98 Å². The Morgan fingerprint density at radius 2 is 2.12 bits per heavy atom. The largest absolute Gasteiger partial charge is 0.340 e. The lowest BCUT2D eigenvalue weighted by molar-refractivity contribution is 0.278. The molecule has 1 aliphatic carbocycles. The Hall–Kier alpha value is -0.900. The van der Waals surface area contributed by atoms with Crippen LogP contribution in [0.15, 0.2) is 4.52 Å². The van der Waals surface area contributed by atoms with Crippen LogP contribution in [0.2, 0.25) is 0 Å². The molecule has 2 rings (SSSR count). The summed E-state index contributed by atoms with van der Waals surface area (Å²) in [5.74, 6) is 2.23. The van der Waals surface area contributed by atoms with Crippen molar-refractivity contribution in [3.8, 4) is 0 Å². The van der Waals surface area contributed by atoms with Crippen LogP contribution < -0.4 is 5.32 Å². The van der Waals surface area contributed by atoms with Gasteiger partial charge in [-0.15, -0.1) is 0 Å². The van der Waals surface area contributed by atoms with E-state index in [1.807, 2.05) is 6.92 Å². The van der Waals surface area contributed by atoms with E-state index in [-0.39, 0.29) is 0 Å². The molecule has 0 amide bonds. The highest BCUT2D eigenvalue weighted by molar-refractivity contribution is 4.85. The Labute approximate surface area is 96.8 Å². The lowest BCUT2D eigenvalue weighted by Gasteiger charge is -2.28. The number of hydrogen-bond donors (Lipinski definition) is 1. The maximum absolute atomic E-state index is 4.94. The number of nitrogens with zero attached hydrogens (tertiary/aromatic N) is 2. The zero-order valence-corrected chi connectivity index (χ0v) is 10.2. The molecule has 0 radical (unpaired) electrons. The van der Waals surface area contributed by atoms with Crippen molar-refractivity contribution in [3.63, 3.8) is 0 Å². The molecule has 1 heterocycles. The molecule has 0 unspecified atom stereocenters. The third-order valence-corrected chi connectivity index (χ3v) is 3.51. The quantitative estimate of drug-likeness (QED) is 0.851. The molecule has 4 nitrogen and oxygen atoms in total. The summed E-state index contributed by atoms with van der Waals surface area (Å²) in [7, 11) is 0. The summed E-state index contributed by atoms with van der Waals surface area (Å²) in [6, 6.07) is 0.555. The van der Waals surface area contributed by atoms with E-state index in [0.717, 1.165) is 18.3 Å². The Morgan fingerprint density at radius 3 is 2.75 bits per heavy atom. The highest BCUT2D eigenvalue weighted by Crippen LogP contribution is 2.26. The van der Waals surface area contributed by atoms with E-state index >= 15 is 0 Å². The number of aryl methyl sites for hydroxylation is 1. The minimum absolute atomic E-state index is 0.555. The zero-order valence-electron chi connectivity index (χ0n) is 10.2. The third-order valence-electron chi connectivity index (χ3n) is 3.51. The van der Waals surface area contributed by atoms with Gasteiger partial charge in [0.05, 0.1) is 6.54 Å². The second-order valence-corrected chi connectivity index (χ2v) is 4.80. The van der Waals surface area contributed by atoms with Gasteiger partial charge < -0.3 is 9.84 Å². The molecule has 4 heteroatoms. The first-order valence-electron chi connectivity index (χ1n) is 6.28. The smallest absolute Gasteiger partial charge is 0.223 e. The van der Waals surface area contributed by atoms with Crippen LogP contribution >= 0.6 is 0 Å². The molecule has 1 saturated carbocycles. The highest BCUT2D eigenvalue weighted by Gasteiger charge is 2.19. The van der Waals surface area contributed by atoms with Crippen LogP contribution in [0.4, 0.5) is 0 Å². The standard InChI is InChI=1S/C12H21N3O/c1-9(11-6-4-3-5-7-11)13-8-12-14-10(2)16-15-12/h9,11,13H,3-8H2,1-2H3/t9-/m1/s1. The summed E-state index contributed by atoms with van der Waals surface area (Å²) in [4.78, 5) is 4.19. The average molecular weight is 223 g/mol. The molecule has 0 saturated heterocycles. The van der Waals surface area contributed by atoms with Crippen molar-refractivity contribution in [2.45, 2.75) is 58.5 Å². The Kier molecular flexibility index (Phi) is 3.93. The molecular formula is C12H21N3O. The summed E-state index contributed by atoms with van der Waals surface area (Å²) >= 11 is 0. The minimum Gasteiger partial charge on any atom is -0.340 e. The first-order valence-corrected chi connectivity index (χ1v) is 6.28. The molecule has 1 aromatic heterocycles. The molecule has 0 aromatic carbocycles. The summed E-state index contributed by atoms with van der Waals surface area (Å²) in [5, 5.41) is 7.38. The molecule has 1 aromatic rings. The van der Waals surface area contributed by atoms with Crippen molar-refractivity contribution in [1.82, 2.24) is 15.5 Å². The zero-order chi connectivity index (χ0) is 11.4. The molecular weight excluding hydrogens is 202 g/mol. The number of hydrogen-bond acceptors (Lipinski definition) is 4. The highest BCUT2D eigenvalue weighted by atomic mass is 16.5. The van der Waals surface area contributed by atoms with Gasteiger partial charge >= 0.3 is 0 Å². The second-order valence-electron chi connectivity index (χ2n) is 4.80. The molecule has 90 valence electrons. The molecule has 1 atom stereocenters. The predicted molar refractivity (Wildman–Crippen MR) is 61.9 cm³/mol. The SMILES string of the molecule is Cc1nc(CN[C@H](C)C2CCCCC2)no1. The van der Waals surface area contributed by atoms with Crippen LogP contribution in [0.25, 0.3) is 0 Å². The summed E-state index contributed by atoms with van der Waals surface area (Å²) < 4.78 is 4.94. The van der Waals surface area contributed by atoms with Crippen molar-refractivity contribution >= 4 is 0 Å². The fraction of sp³-hybridized carbons (Fsp3) is 0.833. The molecule has 0 spiro atoms. The second kappa shape index (κ2) is 5.43. The monoisotopic (exact) mass is 223 g/mol. The van der Waals surface area contributed by atoms with Crippen LogP contribution in [0.3, 0.4) is 0 Å². The van der Waals surface area contributed by atoms with Gasteiger partial charge in [0.25, 0.3) is 0 Å². The van der Waals surface area contributed by atoms with E-state index in [1.165, 1.54) is 32.1 Å². The Morgan fingerprint density at radius 1 is 1.38 bits per heavy atom. The first kappa shape index (κ1) is 11.6. The normalized spacial score (nSPS) is 19.9. The average Bonchev–Trinajstić information content (AvgIpc) is 2.73. The van der Waals surface area contributed by atoms with Crippen molar-refractivity contribution in [1.29, 1.82) is 0 Å². The minimum atomic E-state index is 0.555. The topological polar surface area (TPSA) is 51.0 Å². The van der Waals surface area contributed by atoms with Crippen molar-refractivity contribution in [3.05, 3.63) is 11.7 Å². The summed E-state index contributed by atoms with van der Waals surface area (Å²) in [6.45, 7) is 4.80. The van der Waals surface area contributed by atoms with Gasteiger partial charge in [0.15, 0.2) is 5.82 Å². The van der Waals surface area contributed by atoms with Crippen molar-refractivity contribution in [2.24, 2.45) is 5.92 Å². The van der Waals surface area contributed by atoms with E-state index < -0.39 is 0 Å². The van der Waals surface area contributed by atoms with Gasteiger partial charge in [-0.25, -0.2) is 0 Å². The van der Waals surface area contributed by atoms with Crippen molar-refractivity contribution < 1.29 is 4.52 Å². The fourth-order valence-electron chi connectivity index (χ4n) is 2.47. The maximum Gasteiger partial charge on any atom is 0.223 e. The molecule has 1 aliphatic rings. The third kappa shape index (κ3) is 3.04. The van der Waals surface area contributed by atoms with Gasteiger partial charge in [0.2, 0.25) is 5.89 Å². The van der Waals surface area contributed by atoms with Gasteiger partial charge in [0.1, 0.15) is 0 Å². The van der Waals surface area contributed by atoms with Gasteiger partial charge in [-0.3, -0.25) is 0 Å². The summed E-state index contributed by atoms with van der Waals surface area (Å²) in [5.41, 5.74) is 0. The van der Waals surface area contributed by atoms with Gasteiger partial charge in [-0.1, -0.05) is 24.4 Å². The fourth-order valence-corrected chi connectivity index (χ4v) is 2.47. The Bertz CT molecular complexity index is 318. The van der Waals surface area contributed by atoms with Gasteiger partial charge in [-0.05, 0) is 25.7 Å². The van der Waals surface area contributed by atoms with E-state index in [4.69, 9.17) is 4.52 Å². The maximum atomic E-state index is 4.94. The lowest BCUT2D eigenvalue weighted by atomic mass is 9.84. The van der Waals surface area contributed by atoms with Crippen LogP contribution in [-0.4, -0.2) is 16.2 Å². The van der Waals surface area contributed by atoms with E-state index in [0.29, 0.717) is 11.9 Å². The van der Waals surface area contributed by atoms with Crippen molar-refractivity contribution in [2.75, 3.05) is 0 Å². The number of rotatable bonds is 4. The molecule has 1 fully saturated rings. The van der Waals surface area contributed by atoms with Gasteiger partial charge in [0, 0.05) is 13.0 Å². The lowest BCUT2D eigenvalue weighted by Crippen LogP contribution is -2.34. The number of nitrogens with one attached hydrogen (secondary N) is 1. The Balaban J connectivity index is 1.76. The molecule has 16 heavy (non-hydrogen) atoms. The van der Waals surface area contributed by atoms with E-state index in [2.05, 4.69) is 22.4 Å². The van der Waals surface area contributed by atoms with E-state index in [1.54, 1.807) is 0 Å². The number of aromatic nitrogens is 2. The predicted octanol–water partition coefficient (Wildman–Crippen LogP) is 2.44. The van der Waals surface area contributed by atoms with Crippen LogP contribution in [0.5, 0.6) is 0 Å². The summed E-state index contributed by atoms with van der Waals surface area (Å²) in [6.07, 6.45) is 6.90. The molecule has 0 bridgehead atoms. The van der Waals surface area contributed by atoms with Crippen LogP contribution in [-0.2, 0) is 6.54 Å². The van der Waals surface area contributed by atoms with E-state index in [9.17, 15) is 0 Å². The van der Waals surface area contributed by atoms with Crippen LogP contribution in [0, 0.1) is 12.8 Å². The molecule has 0 aliphatic heterocycles. The van der Waals surface area contributed by atoms with Crippen LogP contribution in [0.1, 0.15) is 50.7 Å². The first-order chi connectivity index (χ1) is 7.75.